The first-order valence-corrected chi connectivity index (χ1v) is 6.23. The van der Waals surface area contributed by atoms with Crippen LogP contribution in [0.3, 0.4) is 0 Å². The van der Waals surface area contributed by atoms with E-state index in [1.807, 2.05) is 6.92 Å². The molecule has 0 unspecified atom stereocenters. The fourth-order valence-corrected chi connectivity index (χ4v) is 1.82. The first kappa shape index (κ1) is 13.1. The molecule has 1 amide bonds. The van der Waals surface area contributed by atoms with Gasteiger partial charge in [0.05, 0.1) is 5.56 Å². The van der Waals surface area contributed by atoms with Crippen molar-refractivity contribution in [3.05, 3.63) is 47.5 Å². The minimum Gasteiger partial charge on any atom is -0.507 e. The number of rotatable bonds is 5. The zero-order valence-corrected chi connectivity index (χ0v) is 10.8. The molecule has 1 heterocycles. The van der Waals surface area contributed by atoms with Crippen molar-refractivity contribution in [2.24, 2.45) is 0 Å². The van der Waals surface area contributed by atoms with Crippen LogP contribution < -0.4 is 5.32 Å². The number of carbonyl (C=O) groups excluding carboxylic acids is 1. The molecule has 5 nitrogen and oxygen atoms in total. The Hall–Kier alpha value is -2.30. The Labute approximate surface area is 111 Å². The molecule has 0 atom stereocenters. The summed E-state index contributed by atoms with van der Waals surface area (Å²) in [6, 6.07) is 4.98. The summed E-state index contributed by atoms with van der Waals surface area (Å²) in [5, 5.41) is 12.4. The van der Waals surface area contributed by atoms with E-state index < -0.39 is 0 Å². The smallest absolute Gasteiger partial charge is 0.255 e. The van der Waals surface area contributed by atoms with Crippen LogP contribution in [0.25, 0.3) is 0 Å². The third-order valence-corrected chi connectivity index (χ3v) is 2.83. The molecular weight excluding hydrogens is 242 g/mol. The number of phenolic OH excluding ortho intramolecular Hbond substituents is 1. The second-order valence-corrected chi connectivity index (χ2v) is 4.42. The molecule has 0 saturated heterocycles. The number of carbonyl (C=O) groups is 1. The van der Waals surface area contributed by atoms with Gasteiger partial charge in [0.2, 0.25) is 0 Å². The minimum absolute atomic E-state index is 0.00846. The number of nitrogens with zero attached hydrogens (tertiary/aromatic N) is 1. The van der Waals surface area contributed by atoms with Crippen molar-refractivity contribution < 1.29 is 9.90 Å². The summed E-state index contributed by atoms with van der Waals surface area (Å²) in [5.74, 6) is 0.669. The van der Waals surface area contributed by atoms with Crippen LogP contribution in [0.5, 0.6) is 5.75 Å². The van der Waals surface area contributed by atoms with E-state index in [9.17, 15) is 9.90 Å². The van der Waals surface area contributed by atoms with Gasteiger partial charge >= 0.3 is 0 Å². The van der Waals surface area contributed by atoms with Gasteiger partial charge in [-0.3, -0.25) is 4.79 Å². The largest absolute Gasteiger partial charge is 0.507 e. The molecular formula is C14H17N3O2. The van der Waals surface area contributed by atoms with E-state index in [0.717, 1.165) is 24.2 Å². The van der Waals surface area contributed by atoms with Crippen LogP contribution >= 0.6 is 0 Å². The summed E-state index contributed by atoms with van der Waals surface area (Å²) in [6.07, 6.45) is 5.07. The molecule has 2 aromatic rings. The number of hydrogen-bond acceptors (Lipinski definition) is 3. The minimum atomic E-state index is -0.249. The summed E-state index contributed by atoms with van der Waals surface area (Å²) in [6.45, 7) is 2.43. The van der Waals surface area contributed by atoms with Crippen molar-refractivity contribution in [2.45, 2.75) is 19.8 Å². The van der Waals surface area contributed by atoms with Crippen LogP contribution in [-0.4, -0.2) is 27.5 Å². The molecule has 5 heteroatoms. The lowest BCUT2D eigenvalue weighted by atomic mass is 10.1. The van der Waals surface area contributed by atoms with Crippen LogP contribution in [0, 0.1) is 6.92 Å². The Kier molecular flexibility index (Phi) is 4.18. The van der Waals surface area contributed by atoms with Gasteiger partial charge in [0.1, 0.15) is 11.6 Å². The van der Waals surface area contributed by atoms with Crippen molar-refractivity contribution in [3.63, 3.8) is 0 Å². The Morgan fingerprint density at radius 1 is 1.47 bits per heavy atom. The van der Waals surface area contributed by atoms with Gasteiger partial charge in [-0.1, -0.05) is 11.6 Å². The van der Waals surface area contributed by atoms with E-state index in [-0.39, 0.29) is 11.7 Å². The first-order valence-electron chi connectivity index (χ1n) is 6.23. The van der Waals surface area contributed by atoms with Gasteiger partial charge in [-0.2, -0.15) is 0 Å². The average molecular weight is 259 g/mol. The monoisotopic (exact) mass is 259 g/mol. The predicted octanol–water partition coefficient (Wildman–Crippen LogP) is 1.79. The number of nitrogens with one attached hydrogen (secondary N) is 2. The zero-order valence-electron chi connectivity index (χ0n) is 10.8. The number of H-pyrrole nitrogens is 1. The Balaban J connectivity index is 1.82. The quantitative estimate of drug-likeness (QED) is 0.716. The number of amides is 1. The van der Waals surface area contributed by atoms with Crippen LogP contribution in [0.4, 0.5) is 0 Å². The Morgan fingerprint density at radius 3 is 3.05 bits per heavy atom. The highest BCUT2D eigenvalue weighted by Crippen LogP contribution is 2.17. The molecule has 0 aliphatic carbocycles. The van der Waals surface area contributed by atoms with Gasteiger partial charge in [0, 0.05) is 25.4 Å². The van der Waals surface area contributed by atoms with Gasteiger partial charge in [0.15, 0.2) is 0 Å². The second kappa shape index (κ2) is 6.04. The van der Waals surface area contributed by atoms with E-state index in [4.69, 9.17) is 0 Å². The summed E-state index contributed by atoms with van der Waals surface area (Å²) in [5.41, 5.74) is 1.26. The fourth-order valence-electron chi connectivity index (χ4n) is 1.82. The number of imidazole rings is 1. The maximum Gasteiger partial charge on any atom is 0.255 e. The number of aromatic hydroxyl groups is 1. The molecule has 3 N–H and O–H groups in total. The lowest BCUT2D eigenvalue weighted by molar-refractivity contribution is 0.0950. The zero-order chi connectivity index (χ0) is 13.7. The molecule has 0 fully saturated rings. The van der Waals surface area contributed by atoms with Gasteiger partial charge < -0.3 is 15.4 Å². The number of aromatic nitrogens is 2. The van der Waals surface area contributed by atoms with E-state index in [1.165, 1.54) is 6.07 Å². The molecule has 0 saturated carbocycles. The van der Waals surface area contributed by atoms with Crippen molar-refractivity contribution >= 4 is 5.91 Å². The average Bonchev–Trinajstić information content (AvgIpc) is 2.90. The summed E-state index contributed by atoms with van der Waals surface area (Å²) in [4.78, 5) is 19.0. The van der Waals surface area contributed by atoms with Gasteiger partial charge in [0.25, 0.3) is 5.91 Å². The van der Waals surface area contributed by atoms with E-state index in [2.05, 4.69) is 15.3 Å². The van der Waals surface area contributed by atoms with Crippen molar-refractivity contribution in [1.82, 2.24) is 15.3 Å². The molecule has 0 aliphatic rings. The molecule has 19 heavy (non-hydrogen) atoms. The van der Waals surface area contributed by atoms with Crippen molar-refractivity contribution in [2.75, 3.05) is 6.54 Å². The highest BCUT2D eigenvalue weighted by Gasteiger charge is 2.10. The van der Waals surface area contributed by atoms with E-state index >= 15 is 0 Å². The summed E-state index contributed by atoms with van der Waals surface area (Å²) in [7, 11) is 0. The van der Waals surface area contributed by atoms with E-state index in [1.54, 1.807) is 24.5 Å². The molecule has 0 bridgehead atoms. The standard InChI is InChI=1S/C14H17N3O2/c1-10-4-5-12(18)11(9-10)14(19)17-6-2-3-13-15-7-8-16-13/h4-5,7-9,18H,2-3,6H2,1H3,(H,15,16)(H,17,19). The number of phenols is 1. The molecule has 1 aromatic carbocycles. The number of aryl methyl sites for hydroxylation is 2. The van der Waals surface area contributed by atoms with Crippen molar-refractivity contribution in [1.29, 1.82) is 0 Å². The SMILES string of the molecule is Cc1ccc(O)c(C(=O)NCCCc2ncc[nH]2)c1. The maximum atomic E-state index is 11.9. The van der Waals surface area contributed by atoms with Crippen LogP contribution in [0.1, 0.15) is 28.2 Å². The molecule has 0 spiro atoms. The molecule has 0 radical (unpaired) electrons. The number of benzene rings is 1. The van der Waals surface area contributed by atoms with Crippen LogP contribution in [0.2, 0.25) is 0 Å². The fraction of sp³-hybridized carbons (Fsp3) is 0.286. The van der Waals surface area contributed by atoms with Gasteiger partial charge in [-0.25, -0.2) is 4.98 Å². The van der Waals surface area contributed by atoms with Crippen LogP contribution in [0.15, 0.2) is 30.6 Å². The second-order valence-electron chi connectivity index (χ2n) is 4.42. The third kappa shape index (κ3) is 3.58. The molecule has 100 valence electrons. The van der Waals surface area contributed by atoms with Crippen LogP contribution in [-0.2, 0) is 6.42 Å². The van der Waals surface area contributed by atoms with Gasteiger partial charge in [-0.15, -0.1) is 0 Å². The predicted molar refractivity (Wildman–Crippen MR) is 72.1 cm³/mol. The third-order valence-electron chi connectivity index (χ3n) is 2.83. The summed E-state index contributed by atoms with van der Waals surface area (Å²) < 4.78 is 0. The molecule has 2 rings (SSSR count). The first-order chi connectivity index (χ1) is 9.16. The highest BCUT2D eigenvalue weighted by atomic mass is 16.3. The lowest BCUT2D eigenvalue weighted by Crippen LogP contribution is -2.25. The topological polar surface area (TPSA) is 78.0 Å². The Bertz CT molecular complexity index is 550. The maximum absolute atomic E-state index is 11.9. The highest BCUT2D eigenvalue weighted by molar-refractivity contribution is 5.96. The number of hydrogen-bond donors (Lipinski definition) is 3. The lowest BCUT2D eigenvalue weighted by Gasteiger charge is -2.07. The normalized spacial score (nSPS) is 10.4. The van der Waals surface area contributed by atoms with Crippen molar-refractivity contribution in [3.8, 4) is 5.75 Å². The Morgan fingerprint density at radius 2 is 2.32 bits per heavy atom. The molecule has 1 aromatic heterocycles. The molecule has 0 aliphatic heterocycles. The van der Waals surface area contributed by atoms with E-state index in [0.29, 0.717) is 12.1 Å². The number of aromatic amines is 1. The summed E-state index contributed by atoms with van der Waals surface area (Å²) >= 11 is 0. The van der Waals surface area contributed by atoms with Gasteiger partial charge in [-0.05, 0) is 25.5 Å².